The zero-order valence-electron chi connectivity index (χ0n) is 19.1. The van der Waals surface area contributed by atoms with Crippen molar-refractivity contribution < 1.29 is 14.3 Å². The summed E-state index contributed by atoms with van der Waals surface area (Å²) in [5, 5.41) is 5.22. The molecule has 0 spiro atoms. The molecule has 2 aromatic carbocycles. The molecule has 2 N–H and O–H groups in total. The van der Waals surface area contributed by atoms with Crippen LogP contribution in [0.1, 0.15) is 42.5 Å². The molecule has 3 atom stereocenters. The Labute approximate surface area is 199 Å². The molecule has 1 aromatic heterocycles. The number of rotatable bonds is 9. The van der Waals surface area contributed by atoms with Gasteiger partial charge < -0.3 is 15.4 Å². The maximum absolute atomic E-state index is 11.9. The first-order valence-corrected chi connectivity index (χ1v) is 11.9. The fraction of sp³-hybridized carbons (Fsp3) is 0.321. The van der Waals surface area contributed by atoms with Crippen LogP contribution in [-0.4, -0.2) is 23.8 Å². The summed E-state index contributed by atoms with van der Waals surface area (Å²) in [6.45, 7) is 0.416. The summed E-state index contributed by atoms with van der Waals surface area (Å²) in [4.78, 5) is 26.7. The number of benzene rings is 2. The number of aromatic nitrogens is 1. The predicted molar refractivity (Wildman–Crippen MR) is 130 cm³/mol. The molecule has 1 heterocycles. The van der Waals surface area contributed by atoms with Crippen molar-refractivity contribution in [3.8, 4) is 5.75 Å². The van der Waals surface area contributed by atoms with Gasteiger partial charge in [0.25, 0.3) is 0 Å². The Kier molecular flexibility index (Phi) is 6.30. The molecule has 34 heavy (non-hydrogen) atoms. The van der Waals surface area contributed by atoms with Gasteiger partial charge in [0.05, 0.1) is 12.2 Å². The van der Waals surface area contributed by atoms with E-state index in [9.17, 15) is 9.59 Å². The minimum atomic E-state index is -0.240. The third-order valence-corrected chi connectivity index (χ3v) is 7.36. The SMILES string of the molecule is O=CNCC(=O)Nc1ccc([C@]2(c3ccc(OCc4ccccn4)cc3)CC3CC[C@@H]2C3)cc1. The summed E-state index contributed by atoms with van der Waals surface area (Å²) in [5.74, 6) is 1.99. The van der Waals surface area contributed by atoms with Crippen LogP contribution in [0, 0.1) is 11.8 Å². The Morgan fingerprint density at radius 2 is 1.79 bits per heavy atom. The monoisotopic (exact) mass is 455 g/mol. The molecule has 1 unspecified atom stereocenters. The predicted octanol–water partition coefficient (Wildman–Crippen LogP) is 4.45. The van der Waals surface area contributed by atoms with Crippen molar-refractivity contribution in [1.82, 2.24) is 10.3 Å². The van der Waals surface area contributed by atoms with Crippen molar-refractivity contribution in [3.63, 3.8) is 0 Å². The lowest BCUT2D eigenvalue weighted by molar-refractivity contribution is -0.118. The number of hydrogen-bond acceptors (Lipinski definition) is 4. The second kappa shape index (κ2) is 9.67. The van der Waals surface area contributed by atoms with Gasteiger partial charge in [-0.05, 0) is 78.6 Å². The molecular formula is C28H29N3O3. The van der Waals surface area contributed by atoms with E-state index in [-0.39, 0.29) is 17.9 Å². The average molecular weight is 456 g/mol. The number of carbonyl (C=O) groups is 2. The smallest absolute Gasteiger partial charge is 0.243 e. The number of anilines is 1. The van der Waals surface area contributed by atoms with E-state index < -0.39 is 0 Å². The third kappa shape index (κ3) is 4.40. The van der Waals surface area contributed by atoms with Crippen LogP contribution in [0.4, 0.5) is 5.69 Å². The van der Waals surface area contributed by atoms with Crippen LogP contribution < -0.4 is 15.4 Å². The van der Waals surface area contributed by atoms with E-state index in [1.54, 1.807) is 6.20 Å². The molecule has 2 fully saturated rings. The first-order valence-electron chi connectivity index (χ1n) is 11.9. The molecule has 2 amide bonds. The highest BCUT2D eigenvalue weighted by Crippen LogP contribution is 2.60. The van der Waals surface area contributed by atoms with Gasteiger partial charge in [-0.15, -0.1) is 0 Å². The number of nitrogens with zero attached hydrogens (tertiary/aromatic N) is 1. The fourth-order valence-electron chi connectivity index (χ4n) is 5.88. The lowest BCUT2D eigenvalue weighted by Crippen LogP contribution is -2.34. The van der Waals surface area contributed by atoms with Crippen LogP contribution in [0.25, 0.3) is 0 Å². The Bertz CT molecular complexity index is 1130. The molecule has 2 saturated carbocycles. The summed E-state index contributed by atoms with van der Waals surface area (Å²) in [5.41, 5.74) is 4.26. The van der Waals surface area contributed by atoms with Crippen molar-refractivity contribution in [2.75, 3.05) is 11.9 Å². The maximum atomic E-state index is 11.9. The van der Waals surface area contributed by atoms with E-state index >= 15 is 0 Å². The van der Waals surface area contributed by atoms with Crippen LogP contribution in [-0.2, 0) is 21.6 Å². The van der Waals surface area contributed by atoms with E-state index in [2.05, 4.69) is 52.0 Å². The topological polar surface area (TPSA) is 80.3 Å². The van der Waals surface area contributed by atoms with Crippen LogP contribution in [0.5, 0.6) is 5.75 Å². The van der Waals surface area contributed by atoms with Gasteiger partial charge in [0.2, 0.25) is 12.3 Å². The van der Waals surface area contributed by atoms with E-state index in [0.717, 1.165) is 29.5 Å². The second-order valence-corrected chi connectivity index (χ2v) is 9.31. The Balaban J connectivity index is 1.36. The van der Waals surface area contributed by atoms with Crippen molar-refractivity contribution in [3.05, 3.63) is 89.7 Å². The zero-order chi connectivity index (χ0) is 23.4. The maximum Gasteiger partial charge on any atom is 0.243 e. The molecule has 2 aliphatic rings. The highest BCUT2D eigenvalue weighted by molar-refractivity contribution is 5.93. The highest BCUT2D eigenvalue weighted by Gasteiger charge is 2.52. The van der Waals surface area contributed by atoms with Crippen LogP contribution >= 0.6 is 0 Å². The van der Waals surface area contributed by atoms with Crippen molar-refractivity contribution in [2.24, 2.45) is 11.8 Å². The highest BCUT2D eigenvalue weighted by atomic mass is 16.5. The van der Waals surface area contributed by atoms with Gasteiger partial charge >= 0.3 is 0 Å². The normalized spacial score (nSPS) is 22.8. The van der Waals surface area contributed by atoms with E-state index in [1.165, 1.54) is 30.4 Å². The van der Waals surface area contributed by atoms with Crippen molar-refractivity contribution >= 4 is 18.0 Å². The van der Waals surface area contributed by atoms with Gasteiger partial charge in [-0.3, -0.25) is 14.6 Å². The van der Waals surface area contributed by atoms with Gasteiger partial charge in [-0.1, -0.05) is 36.8 Å². The lowest BCUT2D eigenvalue weighted by atomic mass is 9.64. The largest absolute Gasteiger partial charge is 0.487 e. The molecule has 0 radical (unpaired) electrons. The summed E-state index contributed by atoms with van der Waals surface area (Å²) in [6.07, 6.45) is 7.29. The van der Waals surface area contributed by atoms with Crippen LogP contribution in [0.15, 0.2) is 72.9 Å². The number of pyridine rings is 1. The van der Waals surface area contributed by atoms with Gasteiger partial charge in [-0.25, -0.2) is 0 Å². The number of nitrogens with one attached hydrogen (secondary N) is 2. The molecule has 6 nitrogen and oxygen atoms in total. The minimum Gasteiger partial charge on any atom is -0.487 e. The van der Waals surface area contributed by atoms with Crippen LogP contribution in [0.3, 0.4) is 0 Å². The molecular weight excluding hydrogens is 426 g/mol. The molecule has 2 bridgehead atoms. The van der Waals surface area contributed by atoms with E-state index in [1.807, 2.05) is 30.3 Å². The lowest BCUT2D eigenvalue weighted by Gasteiger charge is -2.39. The van der Waals surface area contributed by atoms with Crippen molar-refractivity contribution in [1.29, 1.82) is 0 Å². The third-order valence-electron chi connectivity index (χ3n) is 7.36. The molecule has 6 heteroatoms. The molecule has 174 valence electrons. The number of fused-ring (bicyclic) bond motifs is 2. The van der Waals surface area contributed by atoms with Gasteiger partial charge in [0.15, 0.2) is 0 Å². The van der Waals surface area contributed by atoms with Gasteiger partial charge in [-0.2, -0.15) is 0 Å². The van der Waals surface area contributed by atoms with Crippen LogP contribution in [0.2, 0.25) is 0 Å². The number of carbonyl (C=O) groups excluding carboxylic acids is 2. The summed E-state index contributed by atoms with van der Waals surface area (Å²) >= 11 is 0. The number of hydrogen-bond donors (Lipinski definition) is 2. The summed E-state index contributed by atoms with van der Waals surface area (Å²) in [6, 6.07) is 22.6. The fourth-order valence-corrected chi connectivity index (χ4v) is 5.88. The molecule has 0 saturated heterocycles. The average Bonchev–Trinajstić information content (AvgIpc) is 3.50. The Morgan fingerprint density at radius 1 is 1.03 bits per heavy atom. The Morgan fingerprint density at radius 3 is 2.41 bits per heavy atom. The second-order valence-electron chi connectivity index (χ2n) is 9.31. The van der Waals surface area contributed by atoms with Gasteiger partial charge in [0, 0.05) is 17.3 Å². The first kappa shape index (κ1) is 22.1. The molecule has 3 aromatic rings. The quantitative estimate of drug-likeness (QED) is 0.467. The van der Waals surface area contributed by atoms with Crippen molar-refractivity contribution in [2.45, 2.75) is 37.7 Å². The molecule has 2 aliphatic carbocycles. The first-order chi connectivity index (χ1) is 16.7. The van der Waals surface area contributed by atoms with Gasteiger partial charge in [0.1, 0.15) is 12.4 Å². The summed E-state index contributed by atoms with van der Waals surface area (Å²) < 4.78 is 5.96. The molecule has 5 rings (SSSR count). The summed E-state index contributed by atoms with van der Waals surface area (Å²) in [7, 11) is 0. The standard InChI is InChI=1S/C28H29N3O3/c32-19-29-17-27(33)31-24-10-6-21(7-11-24)28(16-20-4-5-23(28)15-20)22-8-12-26(13-9-22)34-18-25-3-1-2-14-30-25/h1-3,6-14,19-20,23H,4-5,15-18H2,(H,29,32)(H,31,33)/t20?,23-,28+/m1/s1. The molecule has 0 aliphatic heterocycles. The minimum absolute atomic E-state index is 0.00988. The van der Waals surface area contributed by atoms with E-state index in [0.29, 0.717) is 18.9 Å². The Hall–Kier alpha value is -3.67. The van der Waals surface area contributed by atoms with E-state index in [4.69, 9.17) is 4.74 Å². The number of amides is 2. The zero-order valence-corrected chi connectivity index (χ0v) is 19.1. The number of ether oxygens (including phenoxy) is 1.